The van der Waals surface area contributed by atoms with E-state index in [4.69, 9.17) is 4.98 Å². The third-order valence-corrected chi connectivity index (χ3v) is 12.5. The van der Waals surface area contributed by atoms with E-state index in [1.165, 1.54) is 83.8 Å². The van der Waals surface area contributed by atoms with Crippen molar-refractivity contribution < 1.29 is 8.42 Å². The number of aromatic nitrogens is 1. The van der Waals surface area contributed by atoms with Crippen molar-refractivity contribution in [2.24, 2.45) is 23.7 Å². The van der Waals surface area contributed by atoms with Crippen molar-refractivity contribution in [3.8, 4) is 0 Å². The maximum absolute atomic E-state index is 13.6. The Hall–Kier alpha value is -1.22. The summed E-state index contributed by atoms with van der Waals surface area (Å²) in [6.07, 6.45) is 13.0. The Labute approximate surface area is 220 Å². The monoisotopic (exact) mass is 528 g/mol. The van der Waals surface area contributed by atoms with E-state index in [0.29, 0.717) is 16.7 Å². The van der Waals surface area contributed by atoms with Crippen LogP contribution in [-0.4, -0.2) is 67.9 Å². The molecule has 0 N–H and O–H groups in total. The van der Waals surface area contributed by atoms with Crippen LogP contribution in [0.2, 0.25) is 0 Å². The molecule has 0 amide bonds. The minimum Gasteiger partial charge on any atom is -0.348 e. The van der Waals surface area contributed by atoms with Crippen LogP contribution in [0, 0.1) is 23.7 Å². The predicted octanol–water partition coefficient (Wildman–Crippen LogP) is 5.20. The van der Waals surface area contributed by atoms with Crippen molar-refractivity contribution in [2.45, 2.75) is 75.1 Å². The molecule has 6 nitrogen and oxygen atoms in total. The molecule has 5 fully saturated rings. The highest BCUT2D eigenvalue weighted by molar-refractivity contribution is 7.89. The number of anilines is 1. The number of fused-ring (bicyclic) bond motifs is 1. The molecule has 3 aliphatic heterocycles. The van der Waals surface area contributed by atoms with E-state index in [2.05, 4.69) is 9.80 Å². The number of piperidine rings is 1. The van der Waals surface area contributed by atoms with Gasteiger partial charge in [0.25, 0.3) is 0 Å². The highest BCUT2D eigenvalue weighted by Crippen LogP contribution is 2.53. The molecule has 196 valence electrons. The Morgan fingerprint density at radius 2 is 1.61 bits per heavy atom. The zero-order chi connectivity index (χ0) is 24.3. The highest BCUT2D eigenvalue weighted by Gasteiger charge is 2.56. The van der Waals surface area contributed by atoms with Crippen molar-refractivity contribution in [2.75, 3.05) is 44.2 Å². The summed E-state index contributed by atoms with van der Waals surface area (Å²) >= 11 is 1.71. The summed E-state index contributed by atoms with van der Waals surface area (Å²) in [5, 5.41) is 1.06. The number of nitrogens with zero attached hydrogens (tertiary/aromatic N) is 4. The average Bonchev–Trinajstić information content (AvgIpc) is 3.78. The maximum atomic E-state index is 13.6. The SMILES string of the molecule is O=S(=O)(c1ccc2sc(N3CCC(CN4CCCCCC4)CC3)nc2c1)N1CC(C2CC2)C1C1CC1. The molecule has 36 heavy (non-hydrogen) atoms. The van der Waals surface area contributed by atoms with Crippen LogP contribution in [0.1, 0.15) is 64.2 Å². The lowest BCUT2D eigenvalue weighted by atomic mass is 9.84. The zero-order valence-electron chi connectivity index (χ0n) is 21.4. The normalized spacial score (nSPS) is 29.4. The third-order valence-electron chi connectivity index (χ3n) is 9.55. The standard InChI is InChI=1S/C28H40N4O2S2/c33-36(34,32-19-24(21-5-6-21)27(32)22-7-8-22)23-9-10-26-25(17-23)29-28(35-26)31-15-11-20(12-16-31)18-30-13-3-1-2-4-14-30/h9-10,17,20-22,24,27H,1-8,11-16,18-19H2. The molecule has 4 heterocycles. The number of rotatable bonds is 7. The molecule has 0 spiro atoms. The van der Waals surface area contributed by atoms with Crippen LogP contribution in [0.3, 0.4) is 0 Å². The lowest BCUT2D eigenvalue weighted by molar-refractivity contribution is 0.0657. The fourth-order valence-corrected chi connectivity index (χ4v) is 9.85. The van der Waals surface area contributed by atoms with E-state index in [0.717, 1.165) is 46.8 Å². The number of benzene rings is 1. The Morgan fingerprint density at radius 3 is 2.31 bits per heavy atom. The van der Waals surface area contributed by atoms with Crippen LogP contribution in [0.5, 0.6) is 0 Å². The Bertz CT molecular complexity index is 1190. The molecule has 8 heteroatoms. The van der Waals surface area contributed by atoms with Gasteiger partial charge in [0, 0.05) is 32.2 Å². The zero-order valence-corrected chi connectivity index (χ0v) is 23.0. The second kappa shape index (κ2) is 9.51. The van der Waals surface area contributed by atoms with E-state index >= 15 is 0 Å². The first kappa shape index (κ1) is 23.9. The van der Waals surface area contributed by atoms with E-state index in [1.54, 1.807) is 11.3 Å². The smallest absolute Gasteiger partial charge is 0.243 e. The van der Waals surface area contributed by atoms with Crippen LogP contribution in [-0.2, 0) is 10.0 Å². The largest absolute Gasteiger partial charge is 0.348 e. The summed E-state index contributed by atoms with van der Waals surface area (Å²) in [6.45, 7) is 6.66. The van der Waals surface area contributed by atoms with Crippen molar-refractivity contribution in [3.63, 3.8) is 0 Å². The van der Waals surface area contributed by atoms with Crippen molar-refractivity contribution >= 4 is 36.7 Å². The summed E-state index contributed by atoms with van der Waals surface area (Å²) in [5.74, 6) is 2.76. The van der Waals surface area contributed by atoms with Crippen LogP contribution in [0.4, 0.5) is 5.13 Å². The molecule has 2 unspecified atom stereocenters. The van der Waals surface area contributed by atoms with E-state index in [-0.39, 0.29) is 6.04 Å². The number of thiazole rings is 1. The van der Waals surface area contributed by atoms with Gasteiger partial charge in [0.1, 0.15) is 0 Å². The van der Waals surface area contributed by atoms with Crippen molar-refractivity contribution in [1.82, 2.24) is 14.2 Å². The predicted molar refractivity (Wildman–Crippen MR) is 146 cm³/mol. The molecular formula is C28H40N4O2S2. The van der Waals surface area contributed by atoms with Crippen LogP contribution in [0.15, 0.2) is 23.1 Å². The summed E-state index contributed by atoms with van der Waals surface area (Å²) in [7, 11) is -3.45. The molecule has 1 aromatic carbocycles. The first-order chi connectivity index (χ1) is 17.6. The Balaban J connectivity index is 1.02. The molecule has 2 aliphatic carbocycles. The summed E-state index contributed by atoms with van der Waals surface area (Å²) < 4.78 is 30.1. The van der Waals surface area contributed by atoms with Crippen LogP contribution >= 0.6 is 11.3 Å². The van der Waals surface area contributed by atoms with Gasteiger partial charge in [-0.2, -0.15) is 4.31 Å². The average molecular weight is 529 g/mol. The topological polar surface area (TPSA) is 56.8 Å². The van der Waals surface area contributed by atoms with Crippen LogP contribution < -0.4 is 4.90 Å². The molecule has 2 atom stereocenters. The van der Waals surface area contributed by atoms with Gasteiger partial charge in [0.15, 0.2) is 5.13 Å². The number of likely N-dealkylation sites (tertiary alicyclic amines) is 1. The summed E-state index contributed by atoms with van der Waals surface area (Å²) in [4.78, 5) is 10.5. The molecule has 1 aromatic heterocycles. The Kier molecular flexibility index (Phi) is 6.30. The highest BCUT2D eigenvalue weighted by atomic mass is 32.2. The number of sulfonamides is 1. The van der Waals surface area contributed by atoms with Crippen LogP contribution in [0.25, 0.3) is 10.2 Å². The fourth-order valence-electron chi connectivity index (χ4n) is 7.06. The van der Waals surface area contributed by atoms with Gasteiger partial charge in [-0.25, -0.2) is 13.4 Å². The Morgan fingerprint density at radius 1 is 0.889 bits per heavy atom. The molecule has 5 aliphatic rings. The lowest BCUT2D eigenvalue weighted by Crippen LogP contribution is -2.60. The fraction of sp³-hybridized carbons (Fsp3) is 0.750. The van der Waals surface area contributed by atoms with Gasteiger partial charge in [-0.3, -0.25) is 0 Å². The molecule has 7 rings (SSSR count). The lowest BCUT2D eigenvalue weighted by Gasteiger charge is -2.47. The number of hydrogen-bond donors (Lipinski definition) is 0. The quantitative estimate of drug-likeness (QED) is 0.495. The van der Waals surface area contributed by atoms with Crippen molar-refractivity contribution in [1.29, 1.82) is 0 Å². The second-order valence-corrected chi connectivity index (χ2v) is 15.1. The minimum absolute atomic E-state index is 0.250. The molecular weight excluding hydrogens is 488 g/mol. The molecule has 2 saturated carbocycles. The number of hydrogen-bond acceptors (Lipinski definition) is 6. The van der Waals surface area contributed by atoms with Gasteiger partial charge in [-0.1, -0.05) is 24.2 Å². The maximum Gasteiger partial charge on any atom is 0.243 e. The first-order valence-corrected chi connectivity index (χ1v) is 16.7. The van der Waals surface area contributed by atoms with Gasteiger partial charge in [0.05, 0.1) is 15.1 Å². The van der Waals surface area contributed by atoms with Gasteiger partial charge < -0.3 is 9.80 Å². The van der Waals surface area contributed by atoms with Gasteiger partial charge in [-0.05, 0) is 106 Å². The molecule has 0 bridgehead atoms. The van der Waals surface area contributed by atoms with E-state index in [1.807, 2.05) is 22.5 Å². The van der Waals surface area contributed by atoms with Gasteiger partial charge in [0.2, 0.25) is 10.0 Å². The molecule has 3 saturated heterocycles. The minimum atomic E-state index is -3.45. The van der Waals surface area contributed by atoms with Gasteiger partial charge in [-0.15, -0.1) is 0 Å². The summed E-state index contributed by atoms with van der Waals surface area (Å²) in [5.41, 5.74) is 0.838. The summed E-state index contributed by atoms with van der Waals surface area (Å²) in [6, 6.07) is 5.90. The first-order valence-electron chi connectivity index (χ1n) is 14.5. The second-order valence-electron chi connectivity index (χ2n) is 12.2. The van der Waals surface area contributed by atoms with E-state index in [9.17, 15) is 8.42 Å². The molecule has 0 radical (unpaired) electrons. The third kappa shape index (κ3) is 4.61. The van der Waals surface area contributed by atoms with E-state index < -0.39 is 10.0 Å². The van der Waals surface area contributed by atoms with Gasteiger partial charge >= 0.3 is 0 Å². The molecule has 2 aromatic rings. The van der Waals surface area contributed by atoms with Crippen molar-refractivity contribution in [3.05, 3.63) is 18.2 Å².